The van der Waals surface area contributed by atoms with E-state index >= 15 is 4.57 Å². The Morgan fingerprint density at radius 1 is 0.667 bits per heavy atom. The maximum absolute atomic E-state index is 15.6. The summed E-state index contributed by atoms with van der Waals surface area (Å²) in [6.07, 6.45) is 0. The SMILES string of the molecule is Cc1ccc(C(N2CCN(C)CC2)P2(=O)N(c3ccccc3)CCN2c2ccccc2)cc1. The van der Waals surface area contributed by atoms with Crippen LogP contribution < -0.4 is 9.34 Å². The third kappa shape index (κ3) is 4.21. The highest BCUT2D eigenvalue weighted by Gasteiger charge is 2.52. The third-order valence-corrected chi connectivity index (χ3v) is 10.4. The number of hydrogen-bond donors (Lipinski definition) is 0. The van der Waals surface area contributed by atoms with Crippen LogP contribution in [-0.4, -0.2) is 56.1 Å². The molecular weight excluding hydrogens is 427 g/mol. The van der Waals surface area contributed by atoms with Crippen molar-refractivity contribution in [2.45, 2.75) is 12.7 Å². The summed E-state index contributed by atoms with van der Waals surface area (Å²) in [6.45, 7) is 7.38. The van der Waals surface area contributed by atoms with Gasteiger partial charge in [0.1, 0.15) is 5.78 Å². The summed E-state index contributed by atoms with van der Waals surface area (Å²) in [5, 5.41) is 0. The molecule has 0 saturated carbocycles. The molecule has 0 radical (unpaired) electrons. The first-order chi connectivity index (χ1) is 16.1. The normalized spacial score (nSPS) is 20.2. The monoisotopic (exact) mass is 460 g/mol. The molecule has 5 nitrogen and oxygen atoms in total. The van der Waals surface area contributed by atoms with Crippen molar-refractivity contribution >= 4 is 18.8 Å². The third-order valence-electron chi connectivity index (χ3n) is 6.90. The Balaban J connectivity index is 1.67. The number of likely N-dealkylation sites (N-methyl/N-ethyl adjacent to an activating group) is 1. The molecule has 0 aromatic heterocycles. The molecular formula is C27H33N4OP. The predicted molar refractivity (Wildman–Crippen MR) is 138 cm³/mol. The van der Waals surface area contributed by atoms with Gasteiger partial charge in [0, 0.05) is 50.6 Å². The van der Waals surface area contributed by atoms with E-state index in [0.29, 0.717) is 0 Å². The van der Waals surface area contributed by atoms with Gasteiger partial charge in [0.05, 0.1) is 0 Å². The molecule has 172 valence electrons. The van der Waals surface area contributed by atoms with E-state index in [1.54, 1.807) is 0 Å². The van der Waals surface area contributed by atoms with E-state index in [4.69, 9.17) is 0 Å². The number of hydrogen-bond acceptors (Lipinski definition) is 3. The smallest absolute Gasteiger partial charge is 0.284 e. The molecule has 2 aliphatic rings. The Morgan fingerprint density at radius 2 is 1.15 bits per heavy atom. The summed E-state index contributed by atoms with van der Waals surface area (Å²) in [7, 11) is -0.926. The van der Waals surface area contributed by atoms with Gasteiger partial charge in [-0.2, -0.15) is 0 Å². The van der Waals surface area contributed by atoms with Crippen LogP contribution in [0.4, 0.5) is 11.4 Å². The lowest BCUT2D eigenvalue weighted by atomic mass is 10.1. The molecule has 5 rings (SSSR count). The molecule has 1 unspecified atom stereocenters. The van der Waals surface area contributed by atoms with Crippen LogP contribution in [0.25, 0.3) is 0 Å². The molecule has 0 spiro atoms. The molecule has 0 amide bonds. The Bertz CT molecular complexity index is 1050. The fourth-order valence-electron chi connectivity index (χ4n) is 5.08. The second kappa shape index (κ2) is 9.34. The van der Waals surface area contributed by atoms with Crippen molar-refractivity contribution in [2.24, 2.45) is 0 Å². The number of benzene rings is 3. The molecule has 2 saturated heterocycles. The van der Waals surface area contributed by atoms with Crippen molar-refractivity contribution < 1.29 is 4.57 Å². The first-order valence-electron chi connectivity index (χ1n) is 11.8. The lowest BCUT2D eigenvalue weighted by molar-refractivity contribution is 0.139. The minimum absolute atomic E-state index is 0.199. The maximum Gasteiger partial charge on any atom is 0.284 e. The van der Waals surface area contributed by atoms with E-state index in [1.807, 2.05) is 36.4 Å². The highest BCUT2D eigenvalue weighted by atomic mass is 31.2. The molecule has 6 heteroatoms. The molecule has 1 atom stereocenters. The van der Waals surface area contributed by atoms with Crippen LogP contribution in [0.5, 0.6) is 0 Å². The van der Waals surface area contributed by atoms with Gasteiger partial charge in [-0.3, -0.25) is 9.46 Å². The van der Waals surface area contributed by atoms with Crippen LogP contribution in [0.1, 0.15) is 16.9 Å². The molecule has 2 fully saturated rings. The van der Waals surface area contributed by atoms with Crippen molar-refractivity contribution in [1.29, 1.82) is 0 Å². The zero-order valence-corrected chi connectivity index (χ0v) is 20.4. The van der Waals surface area contributed by atoms with Crippen LogP contribution in [0.3, 0.4) is 0 Å². The van der Waals surface area contributed by atoms with Crippen LogP contribution in [0.15, 0.2) is 84.9 Å². The van der Waals surface area contributed by atoms with Gasteiger partial charge in [0.25, 0.3) is 7.44 Å². The average molecular weight is 461 g/mol. The van der Waals surface area contributed by atoms with Gasteiger partial charge in [-0.1, -0.05) is 66.2 Å². The topological polar surface area (TPSA) is 30.0 Å². The van der Waals surface area contributed by atoms with E-state index in [-0.39, 0.29) is 5.78 Å². The Kier molecular flexibility index (Phi) is 6.29. The number of nitrogens with zero attached hydrogens (tertiary/aromatic N) is 4. The van der Waals surface area contributed by atoms with E-state index < -0.39 is 7.44 Å². The molecule has 2 heterocycles. The second-order valence-corrected chi connectivity index (χ2v) is 11.8. The van der Waals surface area contributed by atoms with E-state index in [1.165, 1.54) is 5.56 Å². The van der Waals surface area contributed by atoms with Crippen molar-refractivity contribution in [1.82, 2.24) is 9.80 Å². The molecule has 3 aromatic rings. The van der Waals surface area contributed by atoms with Crippen LogP contribution in [0.2, 0.25) is 0 Å². The second-order valence-electron chi connectivity index (χ2n) is 9.13. The molecule has 3 aromatic carbocycles. The highest BCUT2D eigenvalue weighted by molar-refractivity contribution is 7.67. The van der Waals surface area contributed by atoms with Crippen LogP contribution in [-0.2, 0) is 4.57 Å². The van der Waals surface area contributed by atoms with Gasteiger partial charge in [0.15, 0.2) is 0 Å². The fraction of sp³-hybridized carbons (Fsp3) is 0.333. The Labute approximate surface area is 197 Å². The fourth-order valence-corrected chi connectivity index (χ4v) is 8.77. The van der Waals surface area contributed by atoms with Gasteiger partial charge < -0.3 is 14.2 Å². The summed E-state index contributed by atoms with van der Waals surface area (Å²) in [5.74, 6) is -0.199. The number of piperazine rings is 1. The van der Waals surface area contributed by atoms with Crippen molar-refractivity contribution in [2.75, 3.05) is 55.7 Å². The lowest BCUT2D eigenvalue weighted by Gasteiger charge is -2.45. The van der Waals surface area contributed by atoms with E-state index in [0.717, 1.165) is 56.2 Å². The van der Waals surface area contributed by atoms with Crippen molar-refractivity contribution in [3.05, 3.63) is 96.1 Å². The van der Waals surface area contributed by atoms with Gasteiger partial charge in [-0.25, -0.2) is 0 Å². The Hall–Kier alpha value is -2.59. The van der Waals surface area contributed by atoms with Gasteiger partial charge in [0.2, 0.25) is 0 Å². The molecule has 2 aliphatic heterocycles. The summed E-state index contributed by atoms with van der Waals surface area (Å²) in [6, 6.07) is 29.3. The molecule has 0 N–H and O–H groups in total. The highest BCUT2D eigenvalue weighted by Crippen LogP contribution is 2.69. The summed E-state index contributed by atoms with van der Waals surface area (Å²) >= 11 is 0. The quantitative estimate of drug-likeness (QED) is 0.472. The number of para-hydroxylation sites is 2. The summed E-state index contributed by atoms with van der Waals surface area (Å²) < 4.78 is 20.0. The van der Waals surface area contributed by atoms with Gasteiger partial charge in [-0.15, -0.1) is 0 Å². The van der Waals surface area contributed by atoms with E-state index in [9.17, 15) is 0 Å². The van der Waals surface area contributed by atoms with Gasteiger partial charge in [-0.05, 0) is 43.8 Å². The molecule has 0 aliphatic carbocycles. The molecule has 0 bridgehead atoms. The predicted octanol–water partition coefficient (Wildman–Crippen LogP) is 5.46. The van der Waals surface area contributed by atoms with E-state index in [2.05, 4.69) is 81.6 Å². The van der Waals surface area contributed by atoms with Crippen molar-refractivity contribution in [3.8, 4) is 0 Å². The summed E-state index contributed by atoms with van der Waals surface area (Å²) in [4.78, 5) is 4.82. The van der Waals surface area contributed by atoms with Gasteiger partial charge >= 0.3 is 0 Å². The largest absolute Gasteiger partial charge is 0.304 e. The number of rotatable bonds is 5. The standard InChI is InChI=1S/C27H33N4OP/c1-23-13-15-24(16-14-23)27(29-19-17-28(2)18-20-29)33(32)30(25-9-5-3-6-10-25)21-22-31(33)26-11-7-4-8-12-26/h3-16,27H,17-22H2,1-2H3. The summed E-state index contributed by atoms with van der Waals surface area (Å²) in [5.41, 5.74) is 4.42. The van der Waals surface area contributed by atoms with Crippen LogP contribution >= 0.6 is 7.44 Å². The molecule has 33 heavy (non-hydrogen) atoms. The first-order valence-corrected chi connectivity index (χ1v) is 13.5. The average Bonchev–Trinajstić information content (AvgIpc) is 3.20. The first kappa shape index (κ1) is 22.2. The zero-order chi connectivity index (χ0) is 22.8. The van der Waals surface area contributed by atoms with Crippen LogP contribution in [0, 0.1) is 6.92 Å². The minimum Gasteiger partial charge on any atom is -0.304 e. The Morgan fingerprint density at radius 3 is 1.64 bits per heavy atom. The maximum atomic E-state index is 15.6. The lowest BCUT2D eigenvalue weighted by Crippen LogP contribution is -2.47. The zero-order valence-electron chi connectivity index (χ0n) is 19.5. The van der Waals surface area contributed by atoms with Crippen molar-refractivity contribution in [3.63, 3.8) is 0 Å². The minimum atomic E-state index is -3.10. The number of anilines is 2. The number of aryl methyl sites for hydroxylation is 1.